The van der Waals surface area contributed by atoms with Gasteiger partial charge in [-0.2, -0.15) is 0 Å². The third-order valence-electron chi connectivity index (χ3n) is 3.76. The van der Waals surface area contributed by atoms with Crippen molar-refractivity contribution < 1.29 is 9.59 Å². The van der Waals surface area contributed by atoms with Crippen LogP contribution in [0, 0.1) is 0 Å². The molecule has 0 atom stereocenters. The molecule has 0 fully saturated rings. The van der Waals surface area contributed by atoms with Gasteiger partial charge in [0.15, 0.2) is 0 Å². The van der Waals surface area contributed by atoms with Gasteiger partial charge in [-0.05, 0) is 42.2 Å². The lowest BCUT2D eigenvalue weighted by Crippen LogP contribution is -2.29. The van der Waals surface area contributed by atoms with E-state index in [1.54, 1.807) is 6.07 Å². The number of anilines is 2. The van der Waals surface area contributed by atoms with E-state index in [9.17, 15) is 9.59 Å². The fraction of sp³-hybridized carbons (Fsp3) is 0.222. The number of amides is 3. The number of benzene rings is 2. The first kappa shape index (κ1) is 15.1. The standard InChI is InChI=1S/C18H19N3O2/c22-17-12-14-11-15(8-9-16(14)21-17)20-18(23)19-10-4-7-13-5-2-1-3-6-13/h1-3,5-6,8-9,11H,4,7,10,12H2,(H,21,22)(H2,19,20,23). The van der Waals surface area contributed by atoms with Gasteiger partial charge < -0.3 is 16.0 Å². The predicted octanol–water partition coefficient (Wildman–Crippen LogP) is 2.94. The van der Waals surface area contributed by atoms with Crippen molar-refractivity contribution in [2.24, 2.45) is 0 Å². The smallest absolute Gasteiger partial charge is 0.319 e. The van der Waals surface area contributed by atoms with Crippen LogP contribution in [-0.2, 0) is 17.6 Å². The molecule has 1 heterocycles. The Hall–Kier alpha value is -2.82. The van der Waals surface area contributed by atoms with Crippen molar-refractivity contribution in [2.75, 3.05) is 17.2 Å². The molecule has 3 rings (SSSR count). The molecule has 5 nitrogen and oxygen atoms in total. The Kier molecular flexibility index (Phi) is 4.57. The summed E-state index contributed by atoms with van der Waals surface area (Å²) >= 11 is 0. The van der Waals surface area contributed by atoms with Crippen LogP contribution < -0.4 is 16.0 Å². The van der Waals surface area contributed by atoms with Crippen LogP contribution in [0.3, 0.4) is 0 Å². The maximum absolute atomic E-state index is 11.9. The van der Waals surface area contributed by atoms with Crippen molar-refractivity contribution in [1.82, 2.24) is 5.32 Å². The molecule has 2 aromatic rings. The third kappa shape index (κ3) is 4.10. The van der Waals surface area contributed by atoms with E-state index < -0.39 is 0 Å². The van der Waals surface area contributed by atoms with Crippen LogP contribution in [0.2, 0.25) is 0 Å². The molecule has 3 N–H and O–H groups in total. The zero-order valence-electron chi connectivity index (χ0n) is 12.8. The highest BCUT2D eigenvalue weighted by atomic mass is 16.2. The Morgan fingerprint density at radius 1 is 1.13 bits per heavy atom. The van der Waals surface area contributed by atoms with E-state index in [1.165, 1.54) is 5.56 Å². The van der Waals surface area contributed by atoms with Crippen LogP contribution >= 0.6 is 0 Å². The topological polar surface area (TPSA) is 70.2 Å². The maximum atomic E-state index is 11.9. The van der Waals surface area contributed by atoms with Gasteiger partial charge >= 0.3 is 6.03 Å². The van der Waals surface area contributed by atoms with Crippen LogP contribution in [0.4, 0.5) is 16.2 Å². The molecule has 0 radical (unpaired) electrons. The summed E-state index contributed by atoms with van der Waals surface area (Å²) in [6.07, 6.45) is 2.19. The molecular weight excluding hydrogens is 290 g/mol. The highest BCUT2D eigenvalue weighted by Crippen LogP contribution is 2.25. The molecule has 0 aliphatic carbocycles. The van der Waals surface area contributed by atoms with E-state index >= 15 is 0 Å². The molecule has 0 aromatic heterocycles. The molecule has 1 aliphatic rings. The first-order chi connectivity index (χ1) is 11.2. The molecule has 118 valence electrons. The number of hydrogen-bond acceptors (Lipinski definition) is 2. The minimum atomic E-state index is -0.227. The molecule has 23 heavy (non-hydrogen) atoms. The van der Waals surface area contributed by atoms with Gasteiger partial charge in [-0.1, -0.05) is 30.3 Å². The summed E-state index contributed by atoms with van der Waals surface area (Å²) in [6, 6.07) is 15.4. The van der Waals surface area contributed by atoms with Crippen molar-refractivity contribution in [2.45, 2.75) is 19.3 Å². The number of hydrogen-bond donors (Lipinski definition) is 3. The van der Waals surface area contributed by atoms with Gasteiger partial charge in [-0.25, -0.2) is 4.79 Å². The van der Waals surface area contributed by atoms with Crippen LogP contribution in [-0.4, -0.2) is 18.5 Å². The molecule has 5 heteroatoms. The summed E-state index contributed by atoms with van der Waals surface area (Å²) in [5.74, 6) is -0.0116. The molecular formula is C18H19N3O2. The van der Waals surface area contributed by atoms with Gasteiger partial charge in [0.05, 0.1) is 6.42 Å². The monoisotopic (exact) mass is 309 g/mol. The van der Waals surface area contributed by atoms with E-state index in [0.29, 0.717) is 18.7 Å². The zero-order valence-corrected chi connectivity index (χ0v) is 12.8. The summed E-state index contributed by atoms with van der Waals surface area (Å²) in [5.41, 5.74) is 3.70. The highest BCUT2D eigenvalue weighted by Gasteiger charge is 2.17. The lowest BCUT2D eigenvalue weighted by Gasteiger charge is -2.09. The number of urea groups is 1. The van der Waals surface area contributed by atoms with E-state index in [2.05, 4.69) is 28.1 Å². The van der Waals surface area contributed by atoms with Crippen LogP contribution in [0.1, 0.15) is 17.5 Å². The van der Waals surface area contributed by atoms with Crippen molar-refractivity contribution >= 4 is 23.3 Å². The zero-order chi connectivity index (χ0) is 16.1. The van der Waals surface area contributed by atoms with Gasteiger partial charge in [0.1, 0.15) is 0 Å². The van der Waals surface area contributed by atoms with Gasteiger partial charge in [0, 0.05) is 17.9 Å². The molecule has 0 saturated carbocycles. The van der Waals surface area contributed by atoms with Crippen LogP contribution in [0.5, 0.6) is 0 Å². The average molecular weight is 309 g/mol. The summed E-state index contributed by atoms with van der Waals surface area (Å²) in [4.78, 5) is 23.2. The Morgan fingerprint density at radius 3 is 2.78 bits per heavy atom. The third-order valence-corrected chi connectivity index (χ3v) is 3.76. The molecule has 2 aromatic carbocycles. The summed E-state index contributed by atoms with van der Waals surface area (Å²) in [5, 5.41) is 8.41. The average Bonchev–Trinajstić information content (AvgIpc) is 2.92. The van der Waals surface area contributed by atoms with Crippen molar-refractivity contribution in [3.8, 4) is 0 Å². The quantitative estimate of drug-likeness (QED) is 0.743. The summed E-state index contributed by atoms with van der Waals surface area (Å²) in [7, 11) is 0. The lowest BCUT2D eigenvalue weighted by atomic mass is 10.1. The largest absolute Gasteiger partial charge is 0.338 e. The summed E-state index contributed by atoms with van der Waals surface area (Å²) < 4.78 is 0. The number of rotatable bonds is 5. The van der Waals surface area contributed by atoms with E-state index in [0.717, 1.165) is 24.1 Å². The number of fused-ring (bicyclic) bond motifs is 1. The molecule has 0 spiro atoms. The van der Waals surface area contributed by atoms with Gasteiger partial charge in [0.2, 0.25) is 5.91 Å². The van der Waals surface area contributed by atoms with Gasteiger partial charge in [0.25, 0.3) is 0 Å². The molecule has 0 unspecified atom stereocenters. The van der Waals surface area contributed by atoms with Crippen molar-refractivity contribution in [3.63, 3.8) is 0 Å². The number of aryl methyl sites for hydroxylation is 1. The first-order valence-corrected chi connectivity index (χ1v) is 7.72. The maximum Gasteiger partial charge on any atom is 0.319 e. The predicted molar refractivity (Wildman–Crippen MR) is 90.6 cm³/mol. The van der Waals surface area contributed by atoms with E-state index in [-0.39, 0.29) is 11.9 Å². The fourth-order valence-electron chi connectivity index (χ4n) is 2.62. The van der Waals surface area contributed by atoms with Crippen molar-refractivity contribution in [3.05, 3.63) is 59.7 Å². The van der Waals surface area contributed by atoms with Crippen LogP contribution in [0.15, 0.2) is 48.5 Å². The SMILES string of the molecule is O=C1Cc2cc(NC(=O)NCCCc3ccccc3)ccc2N1. The summed E-state index contributed by atoms with van der Waals surface area (Å²) in [6.45, 7) is 0.617. The fourth-order valence-corrected chi connectivity index (χ4v) is 2.62. The number of nitrogens with one attached hydrogen (secondary N) is 3. The lowest BCUT2D eigenvalue weighted by molar-refractivity contribution is -0.115. The first-order valence-electron chi connectivity index (χ1n) is 7.72. The molecule has 0 saturated heterocycles. The molecule has 1 aliphatic heterocycles. The Balaban J connectivity index is 1.43. The normalized spacial score (nSPS) is 12.4. The second-order valence-electron chi connectivity index (χ2n) is 5.57. The Bertz CT molecular complexity index is 713. The minimum Gasteiger partial charge on any atom is -0.338 e. The number of carbonyl (C=O) groups is 2. The minimum absolute atomic E-state index is 0.0116. The van der Waals surface area contributed by atoms with E-state index in [4.69, 9.17) is 0 Å². The molecule has 3 amide bonds. The van der Waals surface area contributed by atoms with E-state index in [1.807, 2.05) is 30.3 Å². The highest BCUT2D eigenvalue weighted by molar-refractivity contribution is 6.00. The van der Waals surface area contributed by atoms with Crippen molar-refractivity contribution in [1.29, 1.82) is 0 Å². The Labute approximate surface area is 135 Å². The second kappa shape index (κ2) is 6.96. The Morgan fingerprint density at radius 2 is 1.96 bits per heavy atom. The molecule has 0 bridgehead atoms. The van der Waals surface area contributed by atoms with Gasteiger partial charge in [-0.3, -0.25) is 4.79 Å². The number of carbonyl (C=O) groups excluding carboxylic acids is 2. The van der Waals surface area contributed by atoms with Crippen LogP contribution in [0.25, 0.3) is 0 Å². The van der Waals surface area contributed by atoms with Gasteiger partial charge in [-0.15, -0.1) is 0 Å². The second-order valence-corrected chi connectivity index (χ2v) is 5.57.